The molecule has 106 valence electrons. The van der Waals surface area contributed by atoms with E-state index in [1.54, 1.807) is 18.9 Å². The first-order valence-corrected chi connectivity index (χ1v) is 7.48. The molecule has 2 aromatic carbocycles. The van der Waals surface area contributed by atoms with Gasteiger partial charge in [0.15, 0.2) is 0 Å². The van der Waals surface area contributed by atoms with Crippen LogP contribution in [0.4, 0.5) is 0 Å². The number of nitrogens with zero attached hydrogens (tertiary/aromatic N) is 2. The number of benzene rings is 2. The molecule has 4 nitrogen and oxygen atoms in total. The van der Waals surface area contributed by atoms with Crippen LogP contribution < -0.4 is 4.74 Å². The molecule has 3 aromatic rings. The Morgan fingerprint density at radius 1 is 1.10 bits per heavy atom. The lowest BCUT2D eigenvalue weighted by molar-refractivity contribution is 0.391. The first kappa shape index (κ1) is 13.7. The number of rotatable bonds is 5. The summed E-state index contributed by atoms with van der Waals surface area (Å²) in [6.07, 6.45) is 0. The van der Waals surface area contributed by atoms with Crippen LogP contribution in [-0.4, -0.2) is 17.3 Å². The Balaban J connectivity index is 1.67. The van der Waals surface area contributed by atoms with Crippen molar-refractivity contribution in [3.05, 3.63) is 60.5 Å². The van der Waals surface area contributed by atoms with Crippen molar-refractivity contribution in [2.75, 3.05) is 7.11 Å². The molecule has 5 heteroatoms. The molecule has 0 aliphatic carbocycles. The molecule has 0 aliphatic rings. The summed E-state index contributed by atoms with van der Waals surface area (Å²) in [6.45, 7) is 0. The second kappa shape index (κ2) is 6.45. The maximum atomic E-state index is 5.28. The fourth-order valence-corrected chi connectivity index (χ4v) is 2.64. The Morgan fingerprint density at radius 2 is 1.95 bits per heavy atom. The molecule has 0 radical (unpaired) electrons. The minimum absolute atomic E-state index is 0.613. The van der Waals surface area contributed by atoms with Crippen LogP contribution >= 0.6 is 11.8 Å². The zero-order valence-corrected chi connectivity index (χ0v) is 12.3. The Morgan fingerprint density at radius 3 is 2.76 bits per heavy atom. The molecule has 0 fully saturated rings. The summed E-state index contributed by atoms with van der Waals surface area (Å²) >= 11 is 1.64. The molecule has 0 saturated heterocycles. The van der Waals surface area contributed by atoms with Crippen LogP contribution in [0, 0.1) is 0 Å². The van der Waals surface area contributed by atoms with Gasteiger partial charge in [0.05, 0.1) is 12.9 Å². The molecule has 0 bridgehead atoms. The van der Waals surface area contributed by atoms with Crippen LogP contribution in [0.3, 0.4) is 0 Å². The van der Waals surface area contributed by atoms with E-state index in [9.17, 15) is 0 Å². The van der Waals surface area contributed by atoms with Gasteiger partial charge in [-0.25, -0.2) is 0 Å². The minimum Gasteiger partial charge on any atom is -0.497 e. The number of methoxy groups -OCH3 is 1. The number of aromatic nitrogens is 2. The lowest BCUT2D eigenvalue weighted by atomic mass is 10.2. The second-order valence-electron chi connectivity index (χ2n) is 4.35. The molecule has 0 saturated carbocycles. The molecule has 0 aliphatic heterocycles. The van der Waals surface area contributed by atoms with Gasteiger partial charge in [0, 0.05) is 10.5 Å². The third-order valence-electron chi connectivity index (χ3n) is 2.90. The van der Waals surface area contributed by atoms with Crippen molar-refractivity contribution in [3.8, 4) is 17.1 Å². The van der Waals surface area contributed by atoms with E-state index in [0.29, 0.717) is 17.5 Å². The zero-order valence-electron chi connectivity index (χ0n) is 11.5. The van der Waals surface area contributed by atoms with Gasteiger partial charge in [0.1, 0.15) is 5.75 Å². The van der Waals surface area contributed by atoms with E-state index >= 15 is 0 Å². The monoisotopic (exact) mass is 298 g/mol. The number of hydrogen-bond donors (Lipinski definition) is 0. The van der Waals surface area contributed by atoms with Crippen molar-refractivity contribution in [2.24, 2.45) is 0 Å². The summed E-state index contributed by atoms with van der Waals surface area (Å²) in [7, 11) is 1.66. The largest absolute Gasteiger partial charge is 0.497 e. The van der Waals surface area contributed by atoms with Crippen LogP contribution in [0.15, 0.2) is 64.0 Å². The lowest BCUT2D eigenvalue weighted by Gasteiger charge is -2.02. The van der Waals surface area contributed by atoms with E-state index in [1.165, 1.54) is 0 Å². The quantitative estimate of drug-likeness (QED) is 0.665. The summed E-state index contributed by atoms with van der Waals surface area (Å²) in [6, 6.07) is 17.7. The number of hydrogen-bond acceptors (Lipinski definition) is 5. The van der Waals surface area contributed by atoms with Gasteiger partial charge in [-0.05, 0) is 18.2 Å². The molecule has 0 unspecified atom stereocenters. The minimum atomic E-state index is 0.613. The van der Waals surface area contributed by atoms with Crippen LogP contribution in [0.1, 0.15) is 5.89 Å². The molecule has 0 atom stereocenters. The Hall–Kier alpha value is -2.27. The van der Waals surface area contributed by atoms with E-state index in [-0.39, 0.29) is 0 Å². The molecule has 1 aromatic heterocycles. The van der Waals surface area contributed by atoms with Gasteiger partial charge in [-0.1, -0.05) is 41.6 Å². The van der Waals surface area contributed by atoms with E-state index in [1.807, 2.05) is 54.6 Å². The first-order chi connectivity index (χ1) is 10.3. The highest BCUT2D eigenvalue weighted by Crippen LogP contribution is 2.26. The molecule has 21 heavy (non-hydrogen) atoms. The van der Waals surface area contributed by atoms with Crippen LogP contribution in [0.25, 0.3) is 11.4 Å². The SMILES string of the molecule is COc1cccc(SCc2nc(-c3ccccc3)no2)c1. The predicted molar refractivity (Wildman–Crippen MR) is 82.3 cm³/mol. The van der Waals surface area contributed by atoms with Gasteiger partial charge in [-0.3, -0.25) is 0 Å². The van der Waals surface area contributed by atoms with Gasteiger partial charge >= 0.3 is 0 Å². The average Bonchev–Trinajstić information content (AvgIpc) is 3.03. The highest BCUT2D eigenvalue weighted by molar-refractivity contribution is 7.98. The third-order valence-corrected chi connectivity index (χ3v) is 3.88. The second-order valence-corrected chi connectivity index (χ2v) is 5.39. The van der Waals surface area contributed by atoms with Gasteiger partial charge in [0.25, 0.3) is 0 Å². The van der Waals surface area contributed by atoms with Crippen molar-refractivity contribution in [1.29, 1.82) is 0 Å². The van der Waals surface area contributed by atoms with Gasteiger partial charge < -0.3 is 9.26 Å². The topological polar surface area (TPSA) is 48.2 Å². The molecule has 3 rings (SSSR count). The first-order valence-electron chi connectivity index (χ1n) is 6.50. The average molecular weight is 298 g/mol. The van der Waals surface area contributed by atoms with Crippen molar-refractivity contribution < 1.29 is 9.26 Å². The molecular formula is C16H14N2O2S. The summed E-state index contributed by atoms with van der Waals surface area (Å²) < 4.78 is 10.5. The van der Waals surface area contributed by atoms with Crippen LogP contribution in [-0.2, 0) is 5.75 Å². The van der Waals surface area contributed by atoms with E-state index in [2.05, 4.69) is 10.1 Å². The summed E-state index contributed by atoms with van der Waals surface area (Å²) in [5, 5.41) is 4.01. The maximum Gasteiger partial charge on any atom is 0.237 e. The Bertz CT molecular complexity index is 713. The van der Waals surface area contributed by atoms with E-state index in [0.717, 1.165) is 16.2 Å². The van der Waals surface area contributed by atoms with Gasteiger partial charge in [-0.15, -0.1) is 11.8 Å². The summed E-state index contributed by atoms with van der Waals surface area (Å²) in [5.74, 6) is 2.71. The predicted octanol–water partition coefficient (Wildman–Crippen LogP) is 4.04. The van der Waals surface area contributed by atoms with Crippen molar-refractivity contribution >= 4 is 11.8 Å². The van der Waals surface area contributed by atoms with Gasteiger partial charge in [-0.2, -0.15) is 4.98 Å². The van der Waals surface area contributed by atoms with E-state index < -0.39 is 0 Å². The van der Waals surface area contributed by atoms with Crippen molar-refractivity contribution in [2.45, 2.75) is 10.6 Å². The summed E-state index contributed by atoms with van der Waals surface area (Å²) in [5.41, 5.74) is 0.957. The molecular weight excluding hydrogens is 284 g/mol. The van der Waals surface area contributed by atoms with Crippen molar-refractivity contribution in [1.82, 2.24) is 10.1 Å². The summed E-state index contributed by atoms with van der Waals surface area (Å²) in [4.78, 5) is 5.51. The molecule has 0 N–H and O–H groups in total. The smallest absolute Gasteiger partial charge is 0.237 e. The lowest BCUT2D eigenvalue weighted by Crippen LogP contribution is -1.84. The molecule has 0 amide bonds. The Labute approximate surface area is 127 Å². The Kier molecular flexibility index (Phi) is 4.21. The number of ether oxygens (including phenoxy) is 1. The standard InChI is InChI=1S/C16H14N2O2S/c1-19-13-8-5-9-14(10-13)21-11-15-17-16(18-20-15)12-6-3-2-4-7-12/h2-10H,11H2,1H3. The van der Waals surface area contributed by atoms with Gasteiger partial charge in [0.2, 0.25) is 11.7 Å². The highest BCUT2D eigenvalue weighted by atomic mass is 32.2. The number of thioether (sulfide) groups is 1. The molecule has 1 heterocycles. The highest BCUT2D eigenvalue weighted by Gasteiger charge is 2.08. The fourth-order valence-electron chi connectivity index (χ4n) is 1.85. The van der Waals surface area contributed by atoms with Crippen LogP contribution in [0.5, 0.6) is 5.75 Å². The molecule has 0 spiro atoms. The van der Waals surface area contributed by atoms with Crippen molar-refractivity contribution in [3.63, 3.8) is 0 Å². The van der Waals surface area contributed by atoms with Crippen LogP contribution in [0.2, 0.25) is 0 Å². The van der Waals surface area contributed by atoms with E-state index in [4.69, 9.17) is 9.26 Å². The maximum absolute atomic E-state index is 5.28. The third kappa shape index (κ3) is 3.44. The fraction of sp³-hybridized carbons (Fsp3) is 0.125. The zero-order chi connectivity index (χ0) is 14.5. The normalized spacial score (nSPS) is 10.5.